The first-order valence-electron chi connectivity index (χ1n) is 3.93. The number of rotatable bonds is 4. The van der Waals surface area contributed by atoms with E-state index < -0.39 is 0 Å². The first-order valence-corrected chi connectivity index (χ1v) is 6.95. The van der Waals surface area contributed by atoms with Gasteiger partial charge in [0.05, 0.1) is 0 Å². The first kappa shape index (κ1) is 13.5. The molecule has 0 heterocycles. The molecule has 0 aromatic carbocycles. The fourth-order valence-electron chi connectivity index (χ4n) is 0.583. The Morgan fingerprint density at radius 3 is 2.15 bits per heavy atom. The Bertz CT molecular complexity index is 172. The van der Waals surface area contributed by atoms with E-state index in [1.807, 2.05) is 6.26 Å². The summed E-state index contributed by atoms with van der Waals surface area (Å²) in [5.41, 5.74) is 0. The second-order valence-electron chi connectivity index (χ2n) is 2.07. The van der Waals surface area contributed by atoms with Gasteiger partial charge in [0.1, 0.15) is 8.64 Å². The van der Waals surface area contributed by atoms with E-state index in [0.29, 0.717) is 0 Å². The molecular formula is C7H14N2S4. The molecule has 0 bridgehead atoms. The van der Waals surface area contributed by atoms with E-state index in [-0.39, 0.29) is 0 Å². The maximum Gasteiger partial charge on any atom is 0.133 e. The van der Waals surface area contributed by atoms with Crippen LogP contribution < -0.4 is 10.6 Å². The van der Waals surface area contributed by atoms with Gasteiger partial charge in [0.2, 0.25) is 0 Å². The summed E-state index contributed by atoms with van der Waals surface area (Å²) >= 11 is 13.2. The molecule has 0 radical (unpaired) electrons. The molecular weight excluding hydrogens is 240 g/mol. The average molecular weight is 254 g/mol. The van der Waals surface area contributed by atoms with E-state index in [9.17, 15) is 0 Å². The van der Waals surface area contributed by atoms with E-state index >= 15 is 0 Å². The van der Waals surface area contributed by atoms with Crippen molar-refractivity contribution in [3.8, 4) is 0 Å². The molecule has 0 unspecified atom stereocenters. The number of thioether (sulfide) groups is 2. The van der Waals surface area contributed by atoms with Crippen molar-refractivity contribution in [1.82, 2.24) is 10.6 Å². The molecule has 0 spiro atoms. The van der Waals surface area contributed by atoms with Crippen LogP contribution in [0, 0.1) is 0 Å². The number of hydrogen-bond acceptors (Lipinski definition) is 4. The molecule has 6 heteroatoms. The van der Waals surface area contributed by atoms with Gasteiger partial charge in [-0.2, -0.15) is 0 Å². The van der Waals surface area contributed by atoms with Crippen molar-refractivity contribution in [1.29, 1.82) is 0 Å². The summed E-state index contributed by atoms with van der Waals surface area (Å²) < 4.78 is 1.69. The quantitative estimate of drug-likeness (QED) is 0.587. The van der Waals surface area contributed by atoms with Crippen molar-refractivity contribution in [2.75, 3.05) is 25.1 Å². The number of thiocarbonyl (C=S) groups is 2. The van der Waals surface area contributed by atoms with Crippen LogP contribution in [0.2, 0.25) is 0 Å². The predicted molar refractivity (Wildman–Crippen MR) is 72.8 cm³/mol. The van der Waals surface area contributed by atoms with Crippen LogP contribution in [0.4, 0.5) is 0 Å². The normalized spacial score (nSPS) is 9.38. The van der Waals surface area contributed by atoms with Gasteiger partial charge in [-0.25, -0.2) is 0 Å². The molecule has 0 rings (SSSR count). The molecule has 76 valence electrons. The summed E-state index contributed by atoms with van der Waals surface area (Å²) in [6, 6.07) is 0. The van der Waals surface area contributed by atoms with E-state index in [1.165, 1.54) is 0 Å². The SMILES string of the molecule is CCSC(=S)NCCNC(=S)SC. The fraction of sp³-hybridized carbons (Fsp3) is 0.714. The Kier molecular flexibility index (Phi) is 9.39. The topological polar surface area (TPSA) is 24.1 Å². The molecule has 0 aromatic rings. The number of hydrogen-bond donors (Lipinski definition) is 2. The van der Waals surface area contributed by atoms with Gasteiger partial charge in [-0.05, 0) is 12.0 Å². The van der Waals surface area contributed by atoms with Crippen LogP contribution in [-0.2, 0) is 0 Å². The van der Waals surface area contributed by atoms with E-state index in [4.69, 9.17) is 24.4 Å². The molecule has 0 amide bonds. The third-order valence-corrected chi connectivity index (χ3v) is 3.48. The largest absolute Gasteiger partial charge is 0.369 e. The van der Waals surface area contributed by atoms with Crippen molar-refractivity contribution < 1.29 is 0 Å². The van der Waals surface area contributed by atoms with Gasteiger partial charge in [0.25, 0.3) is 0 Å². The molecule has 0 saturated heterocycles. The van der Waals surface area contributed by atoms with Gasteiger partial charge in [-0.3, -0.25) is 0 Å². The Morgan fingerprint density at radius 2 is 1.69 bits per heavy atom. The summed E-state index contributed by atoms with van der Waals surface area (Å²) in [6.07, 6.45) is 1.96. The highest BCUT2D eigenvalue weighted by atomic mass is 32.2. The maximum atomic E-state index is 5.05. The van der Waals surface area contributed by atoms with Gasteiger partial charge in [0.15, 0.2) is 0 Å². The zero-order valence-electron chi connectivity index (χ0n) is 7.75. The molecule has 0 aromatic heterocycles. The molecule has 2 nitrogen and oxygen atoms in total. The van der Waals surface area contributed by atoms with Crippen LogP contribution in [0.15, 0.2) is 0 Å². The van der Waals surface area contributed by atoms with Gasteiger partial charge in [0, 0.05) is 13.1 Å². The van der Waals surface area contributed by atoms with Crippen molar-refractivity contribution in [2.24, 2.45) is 0 Å². The molecule has 0 aliphatic rings. The zero-order chi connectivity index (χ0) is 10.1. The molecule has 0 aliphatic carbocycles. The van der Waals surface area contributed by atoms with E-state index in [1.54, 1.807) is 23.5 Å². The maximum absolute atomic E-state index is 5.05. The summed E-state index contributed by atoms with van der Waals surface area (Å²) in [4.78, 5) is 0. The molecule has 0 saturated carbocycles. The third kappa shape index (κ3) is 8.80. The summed E-state index contributed by atoms with van der Waals surface area (Å²) in [7, 11) is 0. The van der Waals surface area contributed by atoms with Gasteiger partial charge >= 0.3 is 0 Å². The fourth-order valence-corrected chi connectivity index (χ4v) is 1.85. The Morgan fingerprint density at radius 1 is 1.15 bits per heavy atom. The molecule has 0 aliphatic heterocycles. The van der Waals surface area contributed by atoms with Crippen LogP contribution in [0.3, 0.4) is 0 Å². The highest BCUT2D eigenvalue weighted by Crippen LogP contribution is 1.99. The summed E-state index contributed by atoms with van der Waals surface area (Å²) in [5.74, 6) is 1.02. The Balaban J connectivity index is 3.25. The Labute approximate surface area is 99.0 Å². The lowest BCUT2D eigenvalue weighted by atomic mass is 10.6. The Hall–Kier alpha value is 0.480. The van der Waals surface area contributed by atoms with E-state index in [0.717, 1.165) is 27.5 Å². The third-order valence-electron chi connectivity index (χ3n) is 1.12. The van der Waals surface area contributed by atoms with Crippen molar-refractivity contribution in [2.45, 2.75) is 6.92 Å². The lowest BCUT2D eigenvalue weighted by Gasteiger charge is -2.07. The average Bonchev–Trinajstić information content (AvgIpc) is 2.12. The van der Waals surface area contributed by atoms with E-state index in [2.05, 4.69) is 17.6 Å². The lowest BCUT2D eigenvalue weighted by molar-refractivity contribution is 0.833. The predicted octanol–water partition coefficient (Wildman–Crippen LogP) is 1.85. The minimum Gasteiger partial charge on any atom is -0.369 e. The molecule has 2 N–H and O–H groups in total. The van der Waals surface area contributed by atoms with Crippen LogP contribution in [0.5, 0.6) is 0 Å². The van der Waals surface area contributed by atoms with Crippen molar-refractivity contribution in [3.63, 3.8) is 0 Å². The zero-order valence-corrected chi connectivity index (χ0v) is 11.0. The van der Waals surface area contributed by atoms with Gasteiger partial charge in [-0.15, -0.1) is 11.8 Å². The van der Waals surface area contributed by atoms with Crippen molar-refractivity contribution >= 4 is 56.6 Å². The summed E-state index contributed by atoms with van der Waals surface area (Å²) in [6.45, 7) is 3.73. The highest BCUT2D eigenvalue weighted by Gasteiger charge is 1.94. The van der Waals surface area contributed by atoms with Gasteiger partial charge < -0.3 is 10.6 Å². The monoisotopic (exact) mass is 254 g/mol. The molecule has 0 fully saturated rings. The van der Waals surface area contributed by atoms with Crippen LogP contribution >= 0.6 is 48.0 Å². The summed E-state index contributed by atoms with van der Waals surface area (Å²) in [5, 5.41) is 6.22. The van der Waals surface area contributed by atoms with Crippen LogP contribution in [-0.4, -0.2) is 33.7 Å². The minimum atomic E-state index is 0.823. The minimum absolute atomic E-state index is 0.823. The molecule has 13 heavy (non-hydrogen) atoms. The second kappa shape index (κ2) is 9.05. The molecule has 0 atom stereocenters. The van der Waals surface area contributed by atoms with Crippen LogP contribution in [0.25, 0.3) is 0 Å². The first-order chi connectivity index (χ1) is 6.20. The van der Waals surface area contributed by atoms with Crippen molar-refractivity contribution in [3.05, 3.63) is 0 Å². The number of nitrogens with one attached hydrogen (secondary N) is 2. The standard InChI is InChI=1S/C7H14N2S4/c1-3-13-7(11)9-5-4-8-6(10)12-2/h3-5H2,1-2H3,(H,8,10)(H,9,11). The highest BCUT2D eigenvalue weighted by molar-refractivity contribution is 8.23. The van der Waals surface area contributed by atoms with Crippen LogP contribution in [0.1, 0.15) is 6.92 Å². The lowest BCUT2D eigenvalue weighted by Crippen LogP contribution is -2.31. The smallest absolute Gasteiger partial charge is 0.133 e. The second-order valence-corrected chi connectivity index (χ2v) is 5.49. The van der Waals surface area contributed by atoms with Gasteiger partial charge in [-0.1, -0.05) is 43.1 Å².